The van der Waals surface area contributed by atoms with Crippen LogP contribution in [0, 0.1) is 6.92 Å². The van der Waals surface area contributed by atoms with Gasteiger partial charge in [0.2, 0.25) is 5.91 Å². The van der Waals surface area contributed by atoms with Crippen LogP contribution >= 0.6 is 0 Å². The number of rotatable bonds is 6. The number of phenols is 1. The lowest BCUT2D eigenvalue weighted by Crippen LogP contribution is -2.19. The van der Waals surface area contributed by atoms with E-state index in [2.05, 4.69) is 28.4 Å². The molecule has 0 aromatic heterocycles. The molecule has 25 heavy (non-hydrogen) atoms. The van der Waals surface area contributed by atoms with Gasteiger partial charge in [0.05, 0.1) is 0 Å². The fourth-order valence-electron chi connectivity index (χ4n) is 3.23. The van der Waals surface area contributed by atoms with Gasteiger partial charge in [-0.2, -0.15) is 0 Å². The SMILES string of the molecule is Cc1ccc(CN2CCCC2)cc1NC(=O)CCc1ccc(O)cc1. The average molecular weight is 338 g/mol. The molecule has 4 nitrogen and oxygen atoms in total. The zero-order valence-corrected chi connectivity index (χ0v) is 14.8. The number of likely N-dealkylation sites (tertiary alicyclic amines) is 1. The van der Waals surface area contributed by atoms with Crippen LogP contribution in [-0.4, -0.2) is 29.0 Å². The summed E-state index contributed by atoms with van der Waals surface area (Å²) in [5, 5.41) is 12.4. The number of nitrogens with one attached hydrogen (secondary N) is 1. The molecule has 0 radical (unpaired) electrons. The third-order valence-electron chi connectivity index (χ3n) is 4.76. The normalized spacial score (nSPS) is 14.6. The lowest BCUT2D eigenvalue weighted by atomic mass is 10.1. The van der Waals surface area contributed by atoms with E-state index in [4.69, 9.17) is 0 Å². The van der Waals surface area contributed by atoms with E-state index in [-0.39, 0.29) is 11.7 Å². The summed E-state index contributed by atoms with van der Waals surface area (Å²) in [5.41, 5.74) is 4.30. The number of aryl methyl sites for hydroxylation is 2. The average Bonchev–Trinajstić information content (AvgIpc) is 3.10. The fourth-order valence-corrected chi connectivity index (χ4v) is 3.23. The van der Waals surface area contributed by atoms with Gasteiger partial charge in [-0.25, -0.2) is 0 Å². The molecule has 132 valence electrons. The minimum atomic E-state index is 0.0227. The molecule has 3 rings (SSSR count). The first kappa shape index (κ1) is 17.5. The molecular weight excluding hydrogens is 312 g/mol. The van der Waals surface area contributed by atoms with Crippen molar-refractivity contribution < 1.29 is 9.90 Å². The molecule has 0 bridgehead atoms. The Morgan fingerprint density at radius 2 is 1.76 bits per heavy atom. The summed E-state index contributed by atoms with van der Waals surface area (Å²) in [4.78, 5) is 14.7. The first-order valence-corrected chi connectivity index (χ1v) is 9.00. The van der Waals surface area contributed by atoms with Crippen molar-refractivity contribution in [1.82, 2.24) is 4.90 Å². The number of nitrogens with zero attached hydrogens (tertiary/aromatic N) is 1. The fraction of sp³-hybridized carbons (Fsp3) is 0.381. The molecular formula is C21H26N2O2. The van der Waals surface area contributed by atoms with Gasteiger partial charge in [0.25, 0.3) is 0 Å². The highest BCUT2D eigenvalue weighted by Gasteiger charge is 2.13. The molecule has 4 heteroatoms. The van der Waals surface area contributed by atoms with E-state index in [9.17, 15) is 9.90 Å². The van der Waals surface area contributed by atoms with Crippen molar-refractivity contribution in [2.24, 2.45) is 0 Å². The van der Waals surface area contributed by atoms with Gasteiger partial charge in [0.1, 0.15) is 5.75 Å². The molecule has 0 atom stereocenters. The van der Waals surface area contributed by atoms with E-state index in [1.807, 2.05) is 19.1 Å². The third-order valence-corrected chi connectivity index (χ3v) is 4.76. The highest BCUT2D eigenvalue weighted by molar-refractivity contribution is 5.91. The highest BCUT2D eigenvalue weighted by Crippen LogP contribution is 2.20. The lowest BCUT2D eigenvalue weighted by Gasteiger charge is -2.16. The van der Waals surface area contributed by atoms with Crippen molar-refractivity contribution in [3.8, 4) is 5.75 Å². The van der Waals surface area contributed by atoms with E-state index in [1.165, 1.54) is 31.5 Å². The molecule has 0 spiro atoms. The standard InChI is InChI=1S/C21H26N2O2/c1-16-4-5-18(15-23-12-2-3-13-23)14-20(16)22-21(25)11-8-17-6-9-19(24)10-7-17/h4-7,9-10,14,24H,2-3,8,11-13,15H2,1H3,(H,22,25). The van der Waals surface area contributed by atoms with Crippen molar-refractivity contribution in [2.75, 3.05) is 18.4 Å². The maximum absolute atomic E-state index is 12.3. The molecule has 1 aliphatic rings. The second kappa shape index (κ2) is 8.17. The number of carbonyl (C=O) groups excluding carboxylic acids is 1. The molecule has 1 saturated heterocycles. The number of anilines is 1. The van der Waals surface area contributed by atoms with Gasteiger partial charge in [0, 0.05) is 18.7 Å². The number of amides is 1. The molecule has 1 fully saturated rings. The van der Waals surface area contributed by atoms with E-state index in [0.29, 0.717) is 12.8 Å². The molecule has 0 aliphatic carbocycles. The number of benzene rings is 2. The Morgan fingerprint density at radius 3 is 2.48 bits per heavy atom. The molecule has 2 aromatic rings. The van der Waals surface area contributed by atoms with E-state index in [0.717, 1.165) is 23.4 Å². The molecule has 1 heterocycles. The van der Waals surface area contributed by atoms with Crippen LogP contribution in [0.5, 0.6) is 5.75 Å². The Hall–Kier alpha value is -2.33. The van der Waals surface area contributed by atoms with Gasteiger partial charge < -0.3 is 10.4 Å². The Labute approximate surface area is 149 Å². The van der Waals surface area contributed by atoms with Gasteiger partial charge in [-0.3, -0.25) is 9.69 Å². The van der Waals surface area contributed by atoms with Crippen LogP contribution in [0.1, 0.15) is 36.0 Å². The summed E-state index contributed by atoms with van der Waals surface area (Å²) in [5.74, 6) is 0.271. The predicted octanol–water partition coefficient (Wildman–Crippen LogP) is 3.87. The quantitative estimate of drug-likeness (QED) is 0.841. The van der Waals surface area contributed by atoms with Crippen LogP contribution in [0.25, 0.3) is 0 Å². The monoisotopic (exact) mass is 338 g/mol. The molecule has 0 saturated carbocycles. The first-order valence-electron chi connectivity index (χ1n) is 9.00. The van der Waals surface area contributed by atoms with Crippen molar-refractivity contribution in [3.63, 3.8) is 0 Å². The molecule has 1 amide bonds. The number of hydrogen-bond acceptors (Lipinski definition) is 3. The zero-order valence-electron chi connectivity index (χ0n) is 14.8. The minimum Gasteiger partial charge on any atom is -0.508 e. The van der Waals surface area contributed by atoms with Crippen LogP contribution in [0.2, 0.25) is 0 Å². The van der Waals surface area contributed by atoms with Crippen molar-refractivity contribution in [1.29, 1.82) is 0 Å². The smallest absolute Gasteiger partial charge is 0.224 e. The van der Waals surface area contributed by atoms with Gasteiger partial charge in [-0.1, -0.05) is 24.3 Å². The lowest BCUT2D eigenvalue weighted by molar-refractivity contribution is -0.116. The maximum atomic E-state index is 12.3. The van der Waals surface area contributed by atoms with Crippen LogP contribution in [0.4, 0.5) is 5.69 Å². The van der Waals surface area contributed by atoms with Crippen molar-refractivity contribution >= 4 is 11.6 Å². The Bertz CT molecular complexity index is 719. The van der Waals surface area contributed by atoms with Crippen LogP contribution < -0.4 is 5.32 Å². The summed E-state index contributed by atoms with van der Waals surface area (Å²) in [6, 6.07) is 13.3. The molecule has 2 aromatic carbocycles. The van der Waals surface area contributed by atoms with Gasteiger partial charge >= 0.3 is 0 Å². The van der Waals surface area contributed by atoms with Gasteiger partial charge in [0.15, 0.2) is 0 Å². The van der Waals surface area contributed by atoms with Crippen LogP contribution in [0.3, 0.4) is 0 Å². The largest absolute Gasteiger partial charge is 0.508 e. The molecule has 2 N–H and O–H groups in total. The van der Waals surface area contributed by atoms with E-state index < -0.39 is 0 Å². The number of phenolic OH excluding ortho intramolecular Hbond substituents is 1. The Morgan fingerprint density at radius 1 is 1.08 bits per heavy atom. The van der Waals surface area contributed by atoms with Gasteiger partial charge in [-0.15, -0.1) is 0 Å². The van der Waals surface area contributed by atoms with Gasteiger partial charge in [-0.05, 0) is 74.2 Å². The highest BCUT2D eigenvalue weighted by atomic mass is 16.3. The van der Waals surface area contributed by atoms with Crippen molar-refractivity contribution in [2.45, 2.75) is 39.2 Å². The first-order chi connectivity index (χ1) is 12.1. The summed E-state index contributed by atoms with van der Waals surface area (Å²) in [7, 11) is 0. The zero-order chi connectivity index (χ0) is 17.6. The Balaban J connectivity index is 1.57. The van der Waals surface area contributed by atoms with Crippen LogP contribution in [0.15, 0.2) is 42.5 Å². The molecule has 1 aliphatic heterocycles. The van der Waals surface area contributed by atoms with Crippen molar-refractivity contribution in [3.05, 3.63) is 59.2 Å². The minimum absolute atomic E-state index is 0.0227. The summed E-state index contributed by atoms with van der Waals surface area (Å²) in [6.45, 7) is 5.32. The topological polar surface area (TPSA) is 52.6 Å². The molecule has 0 unspecified atom stereocenters. The van der Waals surface area contributed by atoms with E-state index in [1.54, 1.807) is 12.1 Å². The number of aromatic hydroxyl groups is 1. The summed E-state index contributed by atoms with van der Waals surface area (Å²) >= 11 is 0. The predicted molar refractivity (Wildman–Crippen MR) is 101 cm³/mol. The maximum Gasteiger partial charge on any atom is 0.224 e. The third kappa shape index (κ3) is 5.07. The summed E-state index contributed by atoms with van der Waals surface area (Å²) < 4.78 is 0. The second-order valence-corrected chi connectivity index (χ2v) is 6.85. The second-order valence-electron chi connectivity index (χ2n) is 6.85. The Kier molecular flexibility index (Phi) is 5.71. The number of carbonyl (C=O) groups is 1. The van der Waals surface area contributed by atoms with E-state index >= 15 is 0 Å². The summed E-state index contributed by atoms with van der Waals surface area (Å²) in [6.07, 6.45) is 3.67. The number of hydrogen-bond donors (Lipinski definition) is 2. The van der Waals surface area contributed by atoms with Crippen LogP contribution in [-0.2, 0) is 17.8 Å².